The molecule has 2 saturated carbocycles. The summed E-state index contributed by atoms with van der Waals surface area (Å²) in [5.74, 6) is 2.37. The second-order valence-corrected chi connectivity index (χ2v) is 6.36. The summed E-state index contributed by atoms with van der Waals surface area (Å²) < 4.78 is 0. The standard InChI is InChI=1S/C17H25NO/c19-17-9-5-13(6-10-17)12-18-16-8-7-14-3-1-2-4-15(14)11-16/h5-6,9-10,14-16,18-19H,1-4,7-8,11-12H2. The van der Waals surface area contributed by atoms with Crippen LogP contribution in [0.5, 0.6) is 5.75 Å². The van der Waals surface area contributed by atoms with Gasteiger partial charge in [0.15, 0.2) is 0 Å². The number of rotatable bonds is 3. The summed E-state index contributed by atoms with van der Waals surface area (Å²) in [6.45, 7) is 0.933. The molecule has 0 spiro atoms. The average Bonchev–Trinajstić information content (AvgIpc) is 2.46. The minimum Gasteiger partial charge on any atom is -0.508 e. The normalized spacial score (nSPS) is 30.8. The first-order chi connectivity index (χ1) is 9.31. The maximum Gasteiger partial charge on any atom is 0.115 e. The third-order valence-electron chi connectivity index (χ3n) is 5.07. The van der Waals surface area contributed by atoms with E-state index in [9.17, 15) is 5.11 Å². The zero-order valence-corrected chi connectivity index (χ0v) is 11.6. The zero-order chi connectivity index (χ0) is 13.1. The SMILES string of the molecule is Oc1ccc(CNC2CCC3CCCCC3C2)cc1. The number of nitrogens with one attached hydrogen (secondary N) is 1. The molecular formula is C17H25NO. The van der Waals surface area contributed by atoms with E-state index in [-0.39, 0.29) is 0 Å². The van der Waals surface area contributed by atoms with Crippen LogP contribution in [0.15, 0.2) is 24.3 Å². The minimum absolute atomic E-state index is 0.353. The van der Waals surface area contributed by atoms with Crippen molar-refractivity contribution in [3.8, 4) is 5.75 Å². The quantitative estimate of drug-likeness (QED) is 0.864. The number of hydrogen-bond acceptors (Lipinski definition) is 2. The van der Waals surface area contributed by atoms with Crippen LogP contribution in [0, 0.1) is 11.8 Å². The Kier molecular flexibility index (Phi) is 4.07. The Morgan fingerprint density at radius 3 is 2.47 bits per heavy atom. The van der Waals surface area contributed by atoms with E-state index < -0.39 is 0 Å². The van der Waals surface area contributed by atoms with Crippen molar-refractivity contribution in [3.63, 3.8) is 0 Å². The Morgan fingerprint density at radius 1 is 0.947 bits per heavy atom. The largest absolute Gasteiger partial charge is 0.508 e. The van der Waals surface area contributed by atoms with Gasteiger partial charge in [-0.15, -0.1) is 0 Å². The predicted molar refractivity (Wildman–Crippen MR) is 78.0 cm³/mol. The fraction of sp³-hybridized carbons (Fsp3) is 0.647. The van der Waals surface area contributed by atoms with Gasteiger partial charge in [0.1, 0.15) is 5.75 Å². The molecule has 2 N–H and O–H groups in total. The molecular weight excluding hydrogens is 234 g/mol. The molecule has 3 rings (SSSR count). The molecule has 19 heavy (non-hydrogen) atoms. The number of phenolic OH excluding ortho intramolecular Hbond substituents is 1. The van der Waals surface area contributed by atoms with Crippen LogP contribution < -0.4 is 5.32 Å². The van der Waals surface area contributed by atoms with E-state index in [1.165, 1.54) is 50.5 Å². The molecule has 104 valence electrons. The van der Waals surface area contributed by atoms with Gasteiger partial charge in [-0.05, 0) is 48.8 Å². The Morgan fingerprint density at radius 2 is 1.68 bits per heavy atom. The van der Waals surface area contributed by atoms with Crippen LogP contribution in [0.2, 0.25) is 0 Å². The number of phenols is 1. The third-order valence-corrected chi connectivity index (χ3v) is 5.07. The smallest absolute Gasteiger partial charge is 0.115 e. The van der Waals surface area contributed by atoms with Crippen LogP contribution in [0.25, 0.3) is 0 Å². The van der Waals surface area contributed by atoms with Gasteiger partial charge in [-0.25, -0.2) is 0 Å². The van der Waals surface area contributed by atoms with Crippen molar-refractivity contribution >= 4 is 0 Å². The first kappa shape index (κ1) is 13.0. The van der Waals surface area contributed by atoms with Gasteiger partial charge in [0.2, 0.25) is 0 Å². The molecule has 0 bridgehead atoms. The lowest BCUT2D eigenvalue weighted by molar-refractivity contribution is 0.143. The Bertz CT molecular complexity index is 400. The van der Waals surface area contributed by atoms with E-state index in [2.05, 4.69) is 5.32 Å². The third kappa shape index (κ3) is 3.30. The van der Waals surface area contributed by atoms with E-state index in [1.54, 1.807) is 12.1 Å². The van der Waals surface area contributed by atoms with Crippen molar-refractivity contribution < 1.29 is 5.11 Å². The van der Waals surface area contributed by atoms with Crippen molar-refractivity contribution in [3.05, 3.63) is 29.8 Å². The van der Waals surface area contributed by atoms with E-state index in [1.807, 2.05) is 12.1 Å². The van der Waals surface area contributed by atoms with Crippen LogP contribution in [-0.4, -0.2) is 11.1 Å². The van der Waals surface area contributed by atoms with E-state index >= 15 is 0 Å². The Labute approximate surface area is 116 Å². The fourth-order valence-electron chi connectivity index (χ4n) is 3.93. The van der Waals surface area contributed by atoms with E-state index in [0.717, 1.165) is 18.4 Å². The van der Waals surface area contributed by atoms with Crippen molar-refractivity contribution in [2.75, 3.05) is 0 Å². The molecule has 2 nitrogen and oxygen atoms in total. The number of aromatic hydroxyl groups is 1. The van der Waals surface area contributed by atoms with Crippen LogP contribution in [0.4, 0.5) is 0 Å². The summed E-state index contributed by atoms with van der Waals surface area (Å²) in [6.07, 6.45) is 10.0. The molecule has 0 aliphatic heterocycles. The van der Waals surface area contributed by atoms with Crippen molar-refractivity contribution in [1.82, 2.24) is 5.32 Å². The molecule has 0 heterocycles. The van der Waals surface area contributed by atoms with E-state index in [0.29, 0.717) is 11.8 Å². The lowest BCUT2D eigenvalue weighted by atomic mass is 9.69. The summed E-state index contributed by atoms with van der Waals surface area (Å²) >= 11 is 0. The maximum absolute atomic E-state index is 9.28. The van der Waals surface area contributed by atoms with Crippen LogP contribution >= 0.6 is 0 Å². The average molecular weight is 259 g/mol. The highest BCUT2D eigenvalue weighted by Gasteiger charge is 2.31. The zero-order valence-electron chi connectivity index (χ0n) is 11.6. The molecule has 3 unspecified atom stereocenters. The minimum atomic E-state index is 0.353. The van der Waals surface area contributed by atoms with Crippen molar-refractivity contribution in [2.45, 2.75) is 57.5 Å². The molecule has 2 aliphatic carbocycles. The molecule has 2 fully saturated rings. The van der Waals surface area contributed by atoms with Gasteiger partial charge in [-0.1, -0.05) is 37.8 Å². The number of fused-ring (bicyclic) bond motifs is 1. The fourth-order valence-corrected chi connectivity index (χ4v) is 3.93. The van der Waals surface area contributed by atoms with Crippen molar-refractivity contribution in [2.24, 2.45) is 11.8 Å². The monoisotopic (exact) mass is 259 g/mol. The van der Waals surface area contributed by atoms with Gasteiger partial charge in [0.05, 0.1) is 0 Å². The summed E-state index contributed by atoms with van der Waals surface area (Å²) in [4.78, 5) is 0. The number of hydrogen-bond donors (Lipinski definition) is 2. The maximum atomic E-state index is 9.28. The summed E-state index contributed by atoms with van der Waals surface area (Å²) in [7, 11) is 0. The van der Waals surface area contributed by atoms with Gasteiger partial charge in [0.25, 0.3) is 0 Å². The molecule has 0 aromatic heterocycles. The van der Waals surface area contributed by atoms with E-state index in [4.69, 9.17) is 0 Å². The second kappa shape index (κ2) is 5.96. The van der Waals surface area contributed by atoms with Crippen LogP contribution in [0.3, 0.4) is 0 Å². The lowest BCUT2D eigenvalue weighted by Gasteiger charge is -2.39. The van der Waals surface area contributed by atoms with Gasteiger partial charge >= 0.3 is 0 Å². The molecule has 3 atom stereocenters. The van der Waals surface area contributed by atoms with Crippen molar-refractivity contribution in [1.29, 1.82) is 0 Å². The highest BCUT2D eigenvalue weighted by molar-refractivity contribution is 5.25. The number of benzene rings is 1. The van der Waals surface area contributed by atoms with Gasteiger partial charge < -0.3 is 10.4 Å². The van der Waals surface area contributed by atoms with Gasteiger partial charge in [-0.3, -0.25) is 0 Å². The van der Waals surface area contributed by atoms with Gasteiger partial charge in [-0.2, -0.15) is 0 Å². The summed E-state index contributed by atoms with van der Waals surface area (Å²) in [6, 6.07) is 8.26. The Hall–Kier alpha value is -1.02. The molecule has 1 aromatic carbocycles. The predicted octanol–water partition coefficient (Wildman–Crippen LogP) is 3.84. The van der Waals surface area contributed by atoms with Crippen LogP contribution in [0.1, 0.15) is 50.5 Å². The first-order valence-electron chi connectivity index (χ1n) is 7.82. The first-order valence-corrected chi connectivity index (χ1v) is 7.82. The second-order valence-electron chi connectivity index (χ2n) is 6.36. The topological polar surface area (TPSA) is 32.3 Å². The highest BCUT2D eigenvalue weighted by atomic mass is 16.3. The molecule has 2 aliphatic rings. The highest BCUT2D eigenvalue weighted by Crippen LogP contribution is 2.40. The molecule has 1 aromatic rings. The van der Waals surface area contributed by atoms with Crippen LogP contribution in [-0.2, 0) is 6.54 Å². The molecule has 0 amide bonds. The van der Waals surface area contributed by atoms with Gasteiger partial charge in [0, 0.05) is 12.6 Å². The summed E-state index contributed by atoms with van der Waals surface area (Å²) in [5, 5.41) is 13.0. The molecule has 0 saturated heterocycles. The lowest BCUT2D eigenvalue weighted by Crippen LogP contribution is -2.38. The molecule has 2 heteroatoms. The Balaban J connectivity index is 1.49. The summed E-state index contributed by atoms with van der Waals surface area (Å²) in [5.41, 5.74) is 1.27. The molecule has 0 radical (unpaired) electrons.